The summed E-state index contributed by atoms with van der Waals surface area (Å²) < 4.78 is 5.25. The van der Waals surface area contributed by atoms with Crippen LogP contribution in [0.3, 0.4) is 0 Å². The molecule has 0 atom stereocenters. The Kier molecular flexibility index (Phi) is 5.07. The second kappa shape index (κ2) is 7.98. The largest absolute Gasteiger partial charge is 0.497 e. The van der Waals surface area contributed by atoms with E-state index in [2.05, 4.69) is 10.3 Å². The fourth-order valence-corrected chi connectivity index (χ4v) is 3.23. The second-order valence-electron chi connectivity index (χ2n) is 6.53. The maximum atomic E-state index is 13.2. The zero-order valence-electron chi connectivity index (χ0n) is 15.8. The Morgan fingerprint density at radius 1 is 0.966 bits per heavy atom. The summed E-state index contributed by atoms with van der Waals surface area (Å²) in [6.45, 7) is 0.158. The van der Waals surface area contributed by atoms with Gasteiger partial charge in [0, 0.05) is 24.1 Å². The lowest BCUT2D eigenvalue weighted by molar-refractivity contribution is -0.137. The first-order valence-corrected chi connectivity index (χ1v) is 9.13. The molecular weight excluding hydrogens is 366 g/mol. The Hall–Kier alpha value is -3.93. The number of ether oxygens (including phenoxy) is 1. The van der Waals surface area contributed by atoms with Gasteiger partial charge in [-0.15, -0.1) is 0 Å². The topological polar surface area (TPSA) is 71.5 Å². The highest BCUT2D eigenvalue weighted by molar-refractivity contribution is 6.36. The summed E-state index contributed by atoms with van der Waals surface area (Å²) in [5, 5.41) is 3.13. The van der Waals surface area contributed by atoms with E-state index in [1.54, 1.807) is 31.6 Å². The molecule has 0 spiro atoms. The lowest BCUT2D eigenvalue weighted by Crippen LogP contribution is -2.32. The molecule has 0 bridgehead atoms. The van der Waals surface area contributed by atoms with Gasteiger partial charge in [-0.2, -0.15) is 0 Å². The molecule has 0 radical (unpaired) electrons. The van der Waals surface area contributed by atoms with E-state index in [-0.39, 0.29) is 24.1 Å². The molecule has 1 N–H and O–H groups in total. The molecule has 6 heteroatoms. The van der Waals surface area contributed by atoms with Gasteiger partial charge in [-0.3, -0.25) is 19.5 Å². The normalized spacial score (nSPS) is 13.8. The molecule has 1 aromatic heterocycles. The number of methoxy groups -OCH3 is 1. The first-order chi connectivity index (χ1) is 14.2. The molecule has 1 aliphatic rings. The Bertz CT molecular complexity index is 1080. The molecule has 0 saturated heterocycles. The van der Waals surface area contributed by atoms with E-state index >= 15 is 0 Å². The van der Waals surface area contributed by atoms with Crippen molar-refractivity contribution >= 4 is 23.1 Å². The van der Waals surface area contributed by atoms with Crippen LogP contribution in [-0.2, 0) is 16.1 Å². The first-order valence-electron chi connectivity index (χ1n) is 9.13. The second-order valence-corrected chi connectivity index (χ2v) is 6.53. The minimum absolute atomic E-state index is 0.158. The predicted octanol–water partition coefficient (Wildman–Crippen LogP) is 3.48. The maximum absolute atomic E-state index is 13.2. The number of anilines is 1. The molecule has 0 fully saturated rings. The number of nitrogens with zero attached hydrogens (tertiary/aromatic N) is 2. The number of carbonyl (C=O) groups excluding carboxylic acids is 2. The van der Waals surface area contributed by atoms with Crippen LogP contribution < -0.4 is 10.1 Å². The highest BCUT2D eigenvalue weighted by Crippen LogP contribution is 2.32. The van der Waals surface area contributed by atoms with Crippen molar-refractivity contribution in [2.24, 2.45) is 0 Å². The van der Waals surface area contributed by atoms with E-state index in [1.807, 2.05) is 54.6 Å². The lowest BCUT2D eigenvalue weighted by Gasteiger charge is -2.15. The summed E-state index contributed by atoms with van der Waals surface area (Å²) in [7, 11) is 1.58. The van der Waals surface area contributed by atoms with Gasteiger partial charge in [-0.1, -0.05) is 42.5 Å². The molecule has 0 aliphatic carbocycles. The van der Waals surface area contributed by atoms with Crippen molar-refractivity contribution in [1.82, 2.24) is 9.88 Å². The summed E-state index contributed by atoms with van der Waals surface area (Å²) in [6, 6.07) is 20.0. The van der Waals surface area contributed by atoms with Gasteiger partial charge in [0.2, 0.25) is 0 Å². The van der Waals surface area contributed by atoms with E-state index in [0.29, 0.717) is 22.6 Å². The van der Waals surface area contributed by atoms with Crippen molar-refractivity contribution in [3.05, 3.63) is 95.9 Å². The summed E-state index contributed by atoms with van der Waals surface area (Å²) >= 11 is 0. The number of rotatable bonds is 6. The van der Waals surface area contributed by atoms with Crippen LogP contribution >= 0.6 is 0 Å². The smallest absolute Gasteiger partial charge is 0.278 e. The Morgan fingerprint density at radius 2 is 1.79 bits per heavy atom. The average molecular weight is 385 g/mol. The van der Waals surface area contributed by atoms with Gasteiger partial charge in [0.05, 0.1) is 19.2 Å². The number of imide groups is 1. The summed E-state index contributed by atoms with van der Waals surface area (Å²) in [4.78, 5) is 31.7. The third-order valence-corrected chi connectivity index (χ3v) is 4.63. The number of amides is 2. The van der Waals surface area contributed by atoms with E-state index in [9.17, 15) is 9.59 Å². The highest BCUT2D eigenvalue weighted by atomic mass is 16.5. The third-order valence-electron chi connectivity index (χ3n) is 4.63. The van der Waals surface area contributed by atoms with Gasteiger partial charge < -0.3 is 10.1 Å². The zero-order valence-corrected chi connectivity index (χ0v) is 15.8. The Labute approximate surface area is 168 Å². The van der Waals surface area contributed by atoms with Crippen LogP contribution in [0.2, 0.25) is 0 Å². The molecule has 6 nitrogen and oxygen atoms in total. The molecule has 0 saturated carbocycles. The van der Waals surface area contributed by atoms with Crippen LogP contribution in [0.5, 0.6) is 5.75 Å². The van der Waals surface area contributed by atoms with Gasteiger partial charge in [0.25, 0.3) is 11.8 Å². The van der Waals surface area contributed by atoms with Crippen LogP contribution in [0.15, 0.2) is 84.8 Å². The fraction of sp³-hybridized carbons (Fsp3) is 0.0870. The van der Waals surface area contributed by atoms with Crippen LogP contribution in [0.4, 0.5) is 5.69 Å². The molecule has 2 aromatic carbocycles. The zero-order chi connectivity index (χ0) is 20.2. The molecule has 3 aromatic rings. The molecule has 2 amide bonds. The predicted molar refractivity (Wildman–Crippen MR) is 110 cm³/mol. The number of hydrogen-bond donors (Lipinski definition) is 1. The van der Waals surface area contributed by atoms with Crippen LogP contribution in [-0.4, -0.2) is 28.8 Å². The molecule has 2 heterocycles. The lowest BCUT2D eigenvalue weighted by atomic mass is 10.0. The molecule has 4 rings (SSSR count). The van der Waals surface area contributed by atoms with Crippen molar-refractivity contribution < 1.29 is 14.3 Å². The first kappa shape index (κ1) is 18.4. The third kappa shape index (κ3) is 3.73. The number of aromatic nitrogens is 1. The van der Waals surface area contributed by atoms with E-state index in [0.717, 1.165) is 5.56 Å². The van der Waals surface area contributed by atoms with Gasteiger partial charge in [0.1, 0.15) is 11.4 Å². The van der Waals surface area contributed by atoms with Crippen molar-refractivity contribution in [2.75, 3.05) is 12.4 Å². The molecule has 1 aliphatic heterocycles. The Morgan fingerprint density at radius 3 is 2.52 bits per heavy atom. The van der Waals surface area contributed by atoms with Crippen molar-refractivity contribution in [3.8, 4) is 5.75 Å². The van der Waals surface area contributed by atoms with Crippen molar-refractivity contribution in [2.45, 2.75) is 6.54 Å². The number of pyridine rings is 1. The molecule has 29 heavy (non-hydrogen) atoms. The van der Waals surface area contributed by atoms with Crippen LogP contribution in [0, 0.1) is 0 Å². The van der Waals surface area contributed by atoms with Gasteiger partial charge in [0.15, 0.2) is 0 Å². The molecular formula is C23H19N3O3. The van der Waals surface area contributed by atoms with Gasteiger partial charge in [-0.25, -0.2) is 0 Å². The van der Waals surface area contributed by atoms with Crippen molar-refractivity contribution in [1.29, 1.82) is 0 Å². The monoisotopic (exact) mass is 385 g/mol. The van der Waals surface area contributed by atoms with E-state index in [1.165, 1.54) is 4.90 Å². The van der Waals surface area contributed by atoms with Gasteiger partial charge >= 0.3 is 0 Å². The standard InChI is InChI=1S/C23H19N3O3/c1-29-19-11-5-10-18(13-19)25-21-20(17-8-3-2-4-9-17)22(27)26(23(21)28)15-16-7-6-12-24-14-16/h2-14,25H,15H2,1H3. The Balaban J connectivity index is 1.73. The van der Waals surface area contributed by atoms with E-state index < -0.39 is 0 Å². The number of nitrogens with one attached hydrogen (secondary N) is 1. The summed E-state index contributed by atoms with van der Waals surface area (Å²) in [5.74, 6) is -0.0585. The number of carbonyl (C=O) groups is 2. The fourth-order valence-electron chi connectivity index (χ4n) is 3.23. The average Bonchev–Trinajstić information content (AvgIpc) is 2.99. The minimum Gasteiger partial charge on any atom is -0.497 e. The quantitative estimate of drug-likeness (QED) is 0.658. The minimum atomic E-state index is -0.375. The SMILES string of the molecule is COc1cccc(NC2=C(c3ccccc3)C(=O)N(Cc3cccnc3)C2=O)c1. The number of benzene rings is 2. The van der Waals surface area contributed by atoms with Crippen LogP contribution in [0.25, 0.3) is 5.57 Å². The van der Waals surface area contributed by atoms with Gasteiger partial charge in [-0.05, 0) is 29.3 Å². The van der Waals surface area contributed by atoms with Crippen molar-refractivity contribution in [3.63, 3.8) is 0 Å². The maximum Gasteiger partial charge on any atom is 0.278 e. The number of hydrogen-bond acceptors (Lipinski definition) is 5. The highest BCUT2D eigenvalue weighted by Gasteiger charge is 2.39. The van der Waals surface area contributed by atoms with E-state index in [4.69, 9.17) is 4.74 Å². The molecule has 0 unspecified atom stereocenters. The van der Waals surface area contributed by atoms with Crippen LogP contribution in [0.1, 0.15) is 11.1 Å². The molecule has 144 valence electrons. The summed E-state index contributed by atoms with van der Waals surface area (Å²) in [5.41, 5.74) is 2.73. The summed E-state index contributed by atoms with van der Waals surface area (Å²) in [6.07, 6.45) is 3.30.